The minimum absolute atomic E-state index is 0.906. The van der Waals surface area contributed by atoms with Crippen molar-refractivity contribution in [1.82, 2.24) is 4.98 Å². The van der Waals surface area contributed by atoms with Gasteiger partial charge in [0.15, 0.2) is 0 Å². The van der Waals surface area contributed by atoms with Crippen LogP contribution >= 0.6 is 0 Å². The molecular formula is C17H15NO. The number of benzene rings is 2. The van der Waals surface area contributed by atoms with Gasteiger partial charge < -0.3 is 4.74 Å². The summed E-state index contributed by atoms with van der Waals surface area (Å²) in [6.07, 6.45) is 1.86. The van der Waals surface area contributed by atoms with E-state index in [2.05, 4.69) is 29.2 Å². The molecule has 19 heavy (non-hydrogen) atoms. The van der Waals surface area contributed by atoms with E-state index < -0.39 is 0 Å². The molecule has 0 saturated carbocycles. The Balaban J connectivity index is 2.22. The van der Waals surface area contributed by atoms with E-state index in [0.29, 0.717) is 0 Å². The van der Waals surface area contributed by atoms with Crippen molar-refractivity contribution in [3.8, 4) is 17.0 Å². The maximum Gasteiger partial charge on any atom is 0.121 e. The number of aromatic nitrogens is 1. The van der Waals surface area contributed by atoms with Gasteiger partial charge in [-0.25, -0.2) is 0 Å². The average Bonchev–Trinajstić information content (AvgIpc) is 2.46. The lowest BCUT2D eigenvalue weighted by Gasteiger charge is -2.09. The second kappa shape index (κ2) is 4.73. The van der Waals surface area contributed by atoms with Crippen LogP contribution in [0, 0.1) is 6.92 Å². The van der Waals surface area contributed by atoms with E-state index in [4.69, 9.17) is 4.74 Å². The van der Waals surface area contributed by atoms with E-state index in [1.54, 1.807) is 7.11 Å². The van der Waals surface area contributed by atoms with Gasteiger partial charge in [0.1, 0.15) is 5.75 Å². The van der Waals surface area contributed by atoms with Gasteiger partial charge >= 0.3 is 0 Å². The molecule has 0 spiro atoms. The van der Waals surface area contributed by atoms with Crippen molar-refractivity contribution in [2.75, 3.05) is 7.11 Å². The molecule has 0 aliphatic carbocycles. The molecule has 0 amide bonds. The molecule has 2 nitrogen and oxygen atoms in total. The summed E-state index contributed by atoms with van der Waals surface area (Å²) in [5, 5.41) is 2.38. The number of rotatable bonds is 2. The van der Waals surface area contributed by atoms with Gasteiger partial charge in [0.2, 0.25) is 0 Å². The molecule has 0 aliphatic heterocycles. The van der Waals surface area contributed by atoms with Gasteiger partial charge in [0.25, 0.3) is 0 Å². The maximum absolute atomic E-state index is 5.30. The van der Waals surface area contributed by atoms with E-state index in [9.17, 15) is 0 Å². The highest BCUT2D eigenvalue weighted by atomic mass is 16.5. The Hall–Kier alpha value is -2.35. The third-order valence-electron chi connectivity index (χ3n) is 3.34. The van der Waals surface area contributed by atoms with Crippen molar-refractivity contribution >= 4 is 10.8 Å². The summed E-state index contributed by atoms with van der Waals surface area (Å²) in [6.45, 7) is 2.05. The first-order chi connectivity index (χ1) is 9.29. The van der Waals surface area contributed by atoms with Crippen LogP contribution in [-0.4, -0.2) is 12.1 Å². The molecular weight excluding hydrogens is 234 g/mol. The molecule has 3 rings (SSSR count). The number of nitrogens with zero attached hydrogens (tertiary/aromatic N) is 1. The molecule has 1 aromatic heterocycles. The fourth-order valence-electron chi connectivity index (χ4n) is 2.38. The van der Waals surface area contributed by atoms with E-state index in [1.807, 2.05) is 37.4 Å². The first kappa shape index (κ1) is 11.7. The molecule has 0 fully saturated rings. The van der Waals surface area contributed by atoms with Crippen LogP contribution in [0.3, 0.4) is 0 Å². The number of methoxy groups -OCH3 is 1. The van der Waals surface area contributed by atoms with Crippen molar-refractivity contribution in [2.24, 2.45) is 0 Å². The molecule has 94 valence electrons. The number of aryl methyl sites for hydroxylation is 1. The summed E-state index contributed by atoms with van der Waals surface area (Å²) >= 11 is 0. The molecule has 0 saturated heterocycles. The molecule has 1 heterocycles. The van der Waals surface area contributed by atoms with Gasteiger partial charge in [0, 0.05) is 17.1 Å². The third kappa shape index (κ3) is 2.06. The van der Waals surface area contributed by atoms with Crippen molar-refractivity contribution in [2.45, 2.75) is 6.92 Å². The van der Waals surface area contributed by atoms with Gasteiger partial charge in [0.05, 0.1) is 12.8 Å². The number of ether oxygens (including phenoxy) is 1. The Kier molecular flexibility index (Phi) is 2.92. The molecule has 0 aliphatic rings. The molecule has 0 atom stereocenters. The average molecular weight is 249 g/mol. The fourth-order valence-corrected chi connectivity index (χ4v) is 2.38. The van der Waals surface area contributed by atoms with Crippen LogP contribution in [0.1, 0.15) is 5.56 Å². The molecule has 0 radical (unpaired) electrons. The predicted molar refractivity (Wildman–Crippen MR) is 78.5 cm³/mol. The first-order valence-electron chi connectivity index (χ1n) is 6.28. The van der Waals surface area contributed by atoms with Gasteiger partial charge in [-0.2, -0.15) is 0 Å². The lowest BCUT2D eigenvalue weighted by atomic mass is 10.0. The Morgan fingerprint density at radius 3 is 2.63 bits per heavy atom. The quantitative estimate of drug-likeness (QED) is 0.678. The minimum atomic E-state index is 0.906. The normalized spacial score (nSPS) is 10.6. The van der Waals surface area contributed by atoms with E-state index >= 15 is 0 Å². The van der Waals surface area contributed by atoms with Crippen LogP contribution in [0.25, 0.3) is 22.0 Å². The Labute approximate surface area is 112 Å². The fraction of sp³-hybridized carbons (Fsp3) is 0.118. The topological polar surface area (TPSA) is 22.1 Å². The zero-order valence-corrected chi connectivity index (χ0v) is 11.1. The van der Waals surface area contributed by atoms with Gasteiger partial charge in [-0.05, 0) is 42.1 Å². The number of pyridine rings is 1. The highest BCUT2D eigenvalue weighted by Crippen LogP contribution is 2.29. The largest absolute Gasteiger partial charge is 0.496 e. The van der Waals surface area contributed by atoms with Crippen LogP contribution in [-0.2, 0) is 0 Å². The minimum Gasteiger partial charge on any atom is -0.496 e. The maximum atomic E-state index is 5.30. The summed E-state index contributed by atoms with van der Waals surface area (Å²) in [5.41, 5.74) is 3.26. The molecule has 2 aromatic carbocycles. The van der Waals surface area contributed by atoms with Crippen molar-refractivity contribution in [1.29, 1.82) is 0 Å². The van der Waals surface area contributed by atoms with Gasteiger partial charge in [-0.15, -0.1) is 0 Å². The highest BCUT2D eigenvalue weighted by molar-refractivity contribution is 5.94. The lowest BCUT2D eigenvalue weighted by Crippen LogP contribution is -1.90. The second-order valence-electron chi connectivity index (χ2n) is 4.57. The smallest absolute Gasteiger partial charge is 0.121 e. The van der Waals surface area contributed by atoms with Crippen LogP contribution < -0.4 is 4.74 Å². The zero-order chi connectivity index (χ0) is 13.2. The van der Waals surface area contributed by atoms with Gasteiger partial charge in [-0.1, -0.05) is 24.3 Å². The second-order valence-corrected chi connectivity index (χ2v) is 4.57. The van der Waals surface area contributed by atoms with Crippen LogP contribution in [0.15, 0.2) is 54.7 Å². The van der Waals surface area contributed by atoms with Gasteiger partial charge in [-0.3, -0.25) is 4.98 Å². The number of fused-ring (bicyclic) bond motifs is 1. The first-order valence-corrected chi connectivity index (χ1v) is 6.28. The Morgan fingerprint density at radius 2 is 1.84 bits per heavy atom. The summed E-state index contributed by atoms with van der Waals surface area (Å²) in [7, 11) is 1.69. The van der Waals surface area contributed by atoms with E-state index in [1.165, 1.54) is 10.8 Å². The van der Waals surface area contributed by atoms with Crippen molar-refractivity contribution in [3.63, 3.8) is 0 Å². The molecule has 0 unspecified atom stereocenters. The van der Waals surface area contributed by atoms with Crippen LogP contribution in [0.5, 0.6) is 5.75 Å². The summed E-state index contributed by atoms with van der Waals surface area (Å²) in [6, 6.07) is 16.5. The monoisotopic (exact) mass is 249 g/mol. The Morgan fingerprint density at radius 1 is 1.00 bits per heavy atom. The molecule has 3 aromatic rings. The SMILES string of the molecule is COc1ccc(-c2nccc3ccccc23)cc1C. The lowest BCUT2D eigenvalue weighted by molar-refractivity contribution is 0.412. The summed E-state index contributed by atoms with van der Waals surface area (Å²) in [5.74, 6) is 0.906. The van der Waals surface area contributed by atoms with Crippen molar-refractivity contribution < 1.29 is 4.74 Å². The van der Waals surface area contributed by atoms with Crippen LogP contribution in [0.4, 0.5) is 0 Å². The molecule has 2 heteroatoms. The standard InChI is InChI=1S/C17H15NO/c1-12-11-14(7-8-16(12)19-2)17-15-6-4-3-5-13(15)9-10-18-17/h3-11H,1-2H3. The van der Waals surface area contributed by atoms with E-state index in [-0.39, 0.29) is 0 Å². The Bertz CT molecular complexity index is 729. The van der Waals surface area contributed by atoms with Crippen molar-refractivity contribution in [3.05, 3.63) is 60.3 Å². The zero-order valence-electron chi connectivity index (χ0n) is 11.1. The summed E-state index contributed by atoms with van der Waals surface area (Å²) in [4.78, 5) is 4.53. The molecule has 0 bridgehead atoms. The van der Waals surface area contributed by atoms with Crippen LogP contribution in [0.2, 0.25) is 0 Å². The third-order valence-corrected chi connectivity index (χ3v) is 3.34. The number of hydrogen-bond donors (Lipinski definition) is 0. The highest BCUT2D eigenvalue weighted by Gasteiger charge is 2.07. The predicted octanol–water partition coefficient (Wildman–Crippen LogP) is 4.22. The molecule has 0 N–H and O–H groups in total. The number of hydrogen-bond acceptors (Lipinski definition) is 2. The summed E-state index contributed by atoms with van der Waals surface area (Å²) < 4.78 is 5.30. The van der Waals surface area contributed by atoms with E-state index in [0.717, 1.165) is 22.6 Å².